The van der Waals surface area contributed by atoms with Gasteiger partial charge in [-0.15, -0.1) is 0 Å². The van der Waals surface area contributed by atoms with Crippen molar-refractivity contribution in [3.05, 3.63) is 36.0 Å². The molecule has 1 aliphatic carbocycles. The van der Waals surface area contributed by atoms with Crippen LogP contribution in [0.25, 0.3) is 10.4 Å². The lowest BCUT2D eigenvalue weighted by molar-refractivity contribution is -0.131. The molecule has 2 N–H and O–H groups in total. The first-order chi connectivity index (χ1) is 13.5. The summed E-state index contributed by atoms with van der Waals surface area (Å²) < 4.78 is 0. The molecule has 4 rings (SSSR count). The highest BCUT2D eigenvalue weighted by molar-refractivity contribution is 7.19. The highest BCUT2D eigenvalue weighted by Gasteiger charge is 2.52. The predicted molar refractivity (Wildman–Crippen MR) is 107 cm³/mol. The van der Waals surface area contributed by atoms with Gasteiger partial charge in [-0.05, 0) is 25.3 Å². The summed E-state index contributed by atoms with van der Waals surface area (Å²) in [5.41, 5.74) is 1.17. The van der Waals surface area contributed by atoms with Crippen LogP contribution in [0.3, 0.4) is 0 Å². The Balaban J connectivity index is 1.37. The molecule has 2 heterocycles. The number of imide groups is 1. The number of carbonyl (C=O) groups is 3. The number of amides is 4. The third-order valence-corrected chi connectivity index (χ3v) is 6.47. The smallest absolute Gasteiger partial charge is 0.323 e. The van der Waals surface area contributed by atoms with Crippen molar-refractivity contribution in [3.8, 4) is 10.4 Å². The minimum Gasteiger partial charge on any atom is -0.323 e. The van der Waals surface area contributed by atoms with Crippen LogP contribution < -0.4 is 10.6 Å². The zero-order valence-corrected chi connectivity index (χ0v) is 16.5. The van der Waals surface area contributed by atoms with E-state index in [9.17, 15) is 14.4 Å². The van der Waals surface area contributed by atoms with Gasteiger partial charge >= 0.3 is 6.03 Å². The van der Waals surface area contributed by atoms with Gasteiger partial charge in [-0.3, -0.25) is 14.5 Å². The molecule has 1 spiro atoms. The van der Waals surface area contributed by atoms with Crippen molar-refractivity contribution >= 4 is 34.3 Å². The van der Waals surface area contributed by atoms with Gasteiger partial charge in [-0.1, -0.05) is 54.5 Å². The maximum Gasteiger partial charge on any atom is 0.325 e. The number of rotatable bonds is 5. The molecule has 8 heteroatoms. The van der Waals surface area contributed by atoms with E-state index in [1.807, 2.05) is 37.3 Å². The lowest BCUT2D eigenvalue weighted by Gasteiger charge is -2.19. The molecule has 28 heavy (non-hydrogen) atoms. The number of anilines is 1. The van der Waals surface area contributed by atoms with Crippen molar-refractivity contribution in [3.63, 3.8) is 0 Å². The molecule has 0 unspecified atom stereocenters. The van der Waals surface area contributed by atoms with Gasteiger partial charge in [0.1, 0.15) is 5.54 Å². The third kappa shape index (κ3) is 3.40. The second-order valence-electron chi connectivity index (χ2n) is 7.27. The Morgan fingerprint density at radius 1 is 1.25 bits per heavy atom. The standard InChI is InChI=1S/C20H22N4O3S/c1-13-16(14-7-3-2-4-8-14)28-18(21-13)22-15(25)9-12-24-17(26)20(23-19(24)27)10-5-6-11-20/h2-4,7-8H,5-6,9-12H2,1H3,(H,23,27)(H,21,22,25). The van der Waals surface area contributed by atoms with Crippen LogP contribution in [-0.2, 0) is 9.59 Å². The van der Waals surface area contributed by atoms with E-state index >= 15 is 0 Å². The van der Waals surface area contributed by atoms with E-state index in [0.29, 0.717) is 18.0 Å². The molecule has 2 aromatic rings. The van der Waals surface area contributed by atoms with Crippen molar-refractivity contribution in [2.75, 3.05) is 11.9 Å². The first-order valence-electron chi connectivity index (χ1n) is 9.45. The molecular weight excluding hydrogens is 376 g/mol. The van der Waals surface area contributed by atoms with Crippen LogP contribution in [0.1, 0.15) is 37.8 Å². The third-order valence-electron chi connectivity index (χ3n) is 5.34. The van der Waals surface area contributed by atoms with Gasteiger partial charge in [0.25, 0.3) is 5.91 Å². The summed E-state index contributed by atoms with van der Waals surface area (Å²) in [5, 5.41) is 6.13. The van der Waals surface area contributed by atoms with Crippen LogP contribution in [0.2, 0.25) is 0 Å². The van der Waals surface area contributed by atoms with Gasteiger partial charge < -0.3 is 10.6 Å². The van der Waals surface area contributed by atoms with Crippen molar-refractivity contribution in [1.82, 2.24) is 15.2 Å². The average Bonchev–Trinajstić information content (AvgIpc) is 3.35. The summed E-state index contributed by atoms with van der Waals surface area (Å²) in [6, 6.07) is 9.49. The molecule has 0 bridgehead atoms. The van der Waals surface area contributed by atoms with Gasteiger partial charge in [0.05, 0.1) is 10.6 Å². The summed E-state index contributed by atoms with van der Waals surface area (Å²) in [5.74, 6) is -0.458. The van der Waals surface area contributed by atoms with Gasteiger partial charge in [0.15, 0.2) is 5.13 Å². The lowest BCUT2D eigenvalue weighted by Crippen LogP contribution is -2.44. The second kappa shape index (κ2) is 7.35. The van der Waals surface area contributed by atoms with Crippen molar-refractivity contribution in [2.24, 2.45) is 0 Å². The molecule has 146 valence electrons. The molecule has 2 fully saturated rings. The number of urea groups is 1. The fourth-order valence-corrected chi connectivity index (χ4v) is 4.89. The van der Waals surface area contributed by atoms with Crippen LogP contribution in [-0.4, -0.2) is 39.8 Å². The number of thiazole rings is 1. The van der Waals surface area contributed by atoms with Crippen molar-refractivity contribution in [2.45, 2.75) is 44.6 Å². The van der Waals surface area contributed by atoms with Crippen LogP contribution in [0.15, 0.2) is 30.3 Å². The summed E-state index contributed by atoms with van der Waals surface area (Å²) in [6.07, 6.45) is 3.29. The number of carbonyl (C=O) groups excluding carboxylic acids is 3. The minimum atomic E-state index is -0.732. The van der Waals surface area contributed by atoms with E-state index in [1.165, 1.54) is 16.2 Å². The summed E-state index contributed by atoms with van der Waals surface area (Å²) in [4.78, 5) is 43.7. The number of nitrogens with zero attached hydrogens (tertiary/aromatic N) is 2. The number of hydrogen-bond acceptors (Lipinski definition) is 5. The maximum absolute atomic E-state index is 12.6. The SMILES string of the molecule is Cc1nc(NC(=O)CCN2C(=O)NC3(CCCC3)C2=O)sc1-c1ccccc1. The molecule has 0 radical (unpaired) electrons. The average molecular weight is 398 g/mol. The zero-order valence-electron chi connectivity index (χ0n) is 15.7. The number of aromatic nitrogens is 1. The van der Waals surface area contributed by atoms with Gasteiger partial charge in [-0.25, -0.2) is 9.78 Å². The van der Waals surface area contributed by atoms with Crippen LogP contribution in [0.4, 0.5) is 9.93 Å². The zero-order chi connectivity index (χ0) is 19.7. The predicted octanol–water partition coefficient (Wildman–Crippen LogP) is 3.31. The molecule has 7 nitrogen and oxygen atoms in total. The van der Waals surface area contributed by atoms with Crippen LogP contribution in [0, 0.1) is 6.92 Å². The Morgan fingerprint density at radius 2 is 1.96 bits per heavy atom. The minimum absolute atomic E-state index is 0.0501. The van der Waals surface area contributed by atoms with E-state index < -0.39 is 11.6 Å². The van der Waals surface area contributed by atoms with E-state index in [2.05, 4.69) is 15.6 Å². The Hall–Kier alpha value is -2.74. The number of aryl methyl sites for hydroxylation is 1. The van der Waals surface area contributed by atoms with E-state index in [0.717, 1.165) is 29.0 Å². The molecule has 0 atom stereocenters. The maximum atomic E-state index is 12.6. The molecule has 2 aliphatic rings. The highest BCUT2D eigenvalue weighted by atomic mass is 32.1. The molecule has 1 aromatic carbocycles. The Morgan fingerprint density at radius 3 is 2.68 bits per heavy atom. The summed E-state index contributed by atoms with van der Waals surface area (Å²) in [6.45, 7) is 1.98. The Labute approximate surface area is 167 Å². The second-order valence-corrected chi connectivity index (χ2v) is 8.27. The van der Waals surface area contributed by atoms with Crippen molar-refractivity contribution < 1.29 is 14.4 Å². The summed E-state index contributed by atoms with van der Waals surface area (Å²) >= 11 is 1.41. The first kappa shape index (κ1) is 18.6. The first-order valence-corrected chi connectivity index (χ1v) is 10.3. The van der Waals surface area contributed by atoms with E-state index in [1.54, 1.807) is 0 Å². The van der Waals surface area contributed by atoms with Gasteiger partial charge in [-0.2, -0.15) is 0 Å². The fourth-order valence-electron chi connectivity index (χ4n) is 3.90. The molecule has 1 aliphatic heterocycles. The Kier molecular flexibility index (Phi) is 4.89. The Bertz CT molecular complexity index is 919. The number of hydrogen-bond donors (Lipinski definition) is 2. The topological polar surface area (TPSA) is 91.4 Å². The van der Waals surface area contributed by atoms with Crippen LogP contribution >= 0.6 is 11.3 Å². The largest absolute Gasteiger partial charge is 0.325 e. The normalized spacial score (nSPS) is 18.0. The molecule has 1 saturated heterocycles. The van der Waals surface area contributed by atoms with E-state index in [4.69, 9.17) is 0 Å². The molecule has 1 aromatic heterocycles. The molecule has 4 amide bonds. The summed E-state index contributed by atoms with van der Waals surface area (Å²) in [7, 11) is 0. The number of nitrogens with one attached hydrogen (secondary N) is 2. The monoisotopic (exact) mass is 398 g/mol. The van der Waals surface area contributed by atoms with E-state index in [-0.39, 0.29) is 24.8 Å². The van der Waals surface area contributed by atoms with Crippen molar-refractivity contribution in [1.29, 1.82) is 0 Å². The fraction of sp³-hybridized carbons (Fsp3) is 0.400. The molecule has 1 saturated carbocycles. The van der Waals surface area contributed by atoms with Gasteiger partial charge in [0, 0.05) is 13.0 Å². The van der Waals surface area contributed by atoms with Gasteiger partial charge in [0.2, 0.25) is 5.91 Å². The number of benzene rings is 1. The lowest BCUT2D eigenvalue weighted by atomic mass is 9.98. The molecular formula is C20H22N4O3S. The quantitative estimate of drug-likeness (QED) is 0.756. The highest BCUT2D eigenvalue weighted by Crippen LogP contribution is 2.35. The van der Waals surface area contributed by atoms with Crippen LogP contribution in [0.5, 0.6) is 0 Å².